The number of carbonyl (C=O) groups is 1. The Morgan fingerprint density at radius 2 is 0.704 bits per heavy atom. The third-order valence-corrected chi connectivity index (χ3v) is 16.9. The molecule has 0 radical (unpaired) electrons. The van der Waals surface area contributed by atoms with E-state index in [-0.39, 0.29) is 18.9 Å². The summed E-state index contributed by atoms with van der Waals surface area (Å²) < 4.78 is 34.4. The molecule has 3 aliphatic heterocycles. The normalized spacial score (nSPS) is 29.7. The monoisotopic (exact) mass is 1170 g/mol. The molecule has 0 aromatic heterocycles. The maximum atomic E-state index is 13.4. The summed E-state index contributed by atoms with van der Waals surface area (Å²) in [7, 11) is 0. The van der Waals surface area contributed by atoms with Crippen LogP contribution in [0.3, 0.4) is 0 Å². The van der Waals surface area contributed by atoms with Crippen molar-refractivity contribution < 1.29 is 89.4 Å². The van der Waals surface area contributed by atoms with Crippen molar-refractivity contribution in [1.82, 2.24) is 5.32 Å². The molecule has 12 N–H and O–H groups in total. The number of rotatable bonds is 50. The van der Waals surface area contributed by atoms with Gasteiger partial charge in [0.15, 0.2) is 18.9 Å². The van der Waals surface area contributed by atoms with Crippen molar-refractivity contribution in [2.45, 2.75) is 362 Å². The Morgan fingerprint density at radius 1 is 0.395 bits per heavy atom. The maximum Gasteiger partial charge on any atom is 0.220 e. The minimum atomic E-state index is -1.97. The Morgan fingerprint density at radius 3 is 1.07 bits per heavy atom. The largest absolute Gasteiger partial charge is 0.394 e. The van der Waals surface area contributed by atoms with Gasteiger partial charge in [0.05, 0.1) is 38.6 Å². The molecule has 0 saturated carbocycles. The number of carbonyl (C=O) groups excluding carboxylic acids is 1. The number of hydrogen-bond donors (Lipinski definition) is 12. The highest BCUT2D eigenvalue weighted by Crippen LogP contribution is 2.33. The molecule has 0 aliphatic carbocycles. The van der Waals surface area contributed by atoms with Crippen molar-refractivity contribution in [2.24, 2.45) is 0 Å². The van der Waals surface area contributed by atoms with Gasteiger partial charge in [0, 0.05) is 6.42 Å². The summed E-state index contributed by atoms with van der Waals surface area (Å²) in [6, 6.07) is -0.880. The summed E-state index contributed by atoms with van der Waals surface area (Å²) in [5.74, 6) is -0.237. The maximum absolute atomic E-state index is 13.4. The summed E-state index contributed by atoms with van der Waals surface area (Å²) in [6.07, 6.45) is 18.9. The van der Waals surface area contributed by atoms with Crippen molar-refractivity contribution in [3.63, 3.8) is 0 Å². The van der Waals surface area contributed by atoms with E-state index >= 15 is 0 Å². The topological polar surface area (TPSA) is 307 Å². The van der Waals surface area contributed by atoms with Crippen LogP contribution in [0.25, 0.3) is 0 Å². The molecule has 480 valence electrons. The third-order valence-electron chi connectivity index (χ3n) is 16.9. The van der Waals surface area contributed by atoms with Gasteiger partial charge in [-0.25, -0.2) is 0 Å². The minimum Gasteiger partial charge on any atom is -0.394 e. The van der Waals surface area contributed by atoms with Gasteiger partial charge in [0.2, 0.25) is 5.91 Å². The summed E-state index contributed by atoms with van der Waals surface area (Å²) in [5, 5.41) is 120. The molecular formula is C62H119NO18. The van der Waals surface area contributed by atoms with E-state index in [9.17, 15) is 61.0 Å². The first-order valence-corrected chi connectivity index (χ1v) is 32.8. The van der Waals surface area contributed by atoms with Gasteiger partial charge in [-0.15, -0.1) is 0 Å². The SMILES string of the molecule is CCCCCCCCCCCCCCCCCCCCC(=O)NC(COC1OC(CO)C(OC2OC(CO)C(OC3OC(CO)C(O)C(O)C3O)C(O)C2O)C(O)C1O)C(O)CCCCCCCCCCCCCCCCCCCC. The zero-order valence-corrected chi connectivity index (χ0v) is 50.3. The van der Waals surface area contributed by atoms with E-state index in [1.807, 2.05) is 0 Å². The molecule has 1 amide bonds. The van der Waals surface area contributed by atoms with Gasteiger partial charge in [-0.05, 0) is 12.8 Å². The van der Waals surface area contributed by atoms with Crippen molar-refractivity contribution in [1.29, 1.82) is 0 Å². The summed E-state index contributed by atoms with van der Waals surface area (Å²) in [5.41, 5.74) is 0. The van der Waals surface area contributed by atoms with Crippen LogP contribution in [0.1, 0.15) is 258 Å². The van der Waals surface area contributed by atoms with Gasteiger partial charge in [0.1, 0.15) is 73.2 Å². The second-order valence-electron chi connectivity index (χ2n) is 23.9. The number of nitrogens with one attached hydrogen (secondary N) is 1. The summed E-state index contributed by atoms with van der Waals surface area (Å²) in [6.45, 7) is 1.83. The van der Waals surface area contributed by atoms with E-state index in [2.05, 4.69) is 19.2 Å². The number of ether oxygens (including phenoxy) is 6. The molecule has 0 aromatic carbocycles. The van der Waals surface area contributed by atoms with Crippen LogP contribution >= 0.6 is 0 Å². The molecule has 3 saturated heterocycles. The van der Waals surface area contributed by atoms with Crippen LogP contribution in [-0.4, -0.2) is 193 Å². The Balaban J connectivity index is 1.46. The molecular weight excluding hydrogens is 1050 g/mol. The zero-order chi connectivity index (χ0) is 59.0. The van der Waals surface area contributed by atoms with Crippen LogP contribution < -0.4 is 5.32 Å². The van der Waals surface area contributed by atoms with Crippen molar-refractivity contribution in [3.8, 4) is 0 Å². The summed E-state index contributed by atoms with van der Waals surface area (Å²) in [4.78, 5) is 13.4. The standard InChI is InChI=1S/C62H119NO18/c1-3-5-7-9-11-13-15-17-19-21-23-25-27-29-31-33-35-37-39-46(67)45(63-50(68)40-38-36-34-32-30-28-26-24-22-20-18-16-14-12-10-8-6-4-2)44-76-60-56(74)53(71)58(48(42-65)78-60)81-62-57(75)54(72)59(49(43-66)79-62)80-61-55(73)52(70)51(69)47(41-64)77-61/h45-49,51-62,64-67,69-75H,3-44H2,1-2H3,(H,63,68). The lowest BCUT2D eigenvalue weighted by Gasteiger charge is -2.48. The second-order valence-corrected chi connectivity index (χ2v) is 23.9. The molecule has 3 heterocycles. The lowest BCUT2D eigenvalue weighted by molar-refractivity contribution is -0.379. The van der Waals surface area contributed by atoms with Crippen LogP contribution in [0.15, 0.2) is 0 Å². The molecule has 0 bridgehead atoms. The lowest BCUT2D eigenvalue weighted by Crippen LogP contribution is -2.66. The van der Waals surface area contributed by atoms with Gasteiger partial charge in [-0.2, -0.15) is 0 Å². The van der Waals surface area contributed by atoms with Gasteiger partial charge in [-0.3, -0.25) is 4.79 Å². The first kappa shape index (κ1) is 74.0. The molecule has 17 unspecified atom stereocenters. The van der Waals surface area contributed by atoms with Crippen molar-refractivity contribution in [3.05, 3.63) is 0 Å². The van der Waals surface area contributed by atoms with E-state index < -0.39 is 124 Å². The van der Waals surface area contributed by atoms with Crippen LogP contribution in [0, 0.1) is 0 Å². The number of aliphatic hydroxyl groups excluding tert-OH is 11. The fourth-order valence-electron chi connectivity index (χ4n) is 11.6. The van der Waals surface area contributed by atoms with E-state index in [0.717, 1.165) is 44.9 Å². The Hall–Kier alpha value is -1.21. The Kier molecular flexibility index (Phi) is 42.1. The van der Waals surface area contributed by atoms with Crippen molar-refractivity contribution >= 4 is 5.91 Å². The molecule has 17 atom stereocenters. The van der Waals surface area contributed by atoms with Gasteiger partial charge in [0.25, 0.3) is 0 Å². The molecule has 0 aromatic rings. The number of aliphatic hydroxyl groups is 11. The molecule has 3 rings (SSSR count). The van der Waals surface area contributed by atoms with E-state index in [1.165, 1.54) is 180 Å². The molecule has 81 heavy (non-hydrogen) atoms. The van der Waals surface area contributed by atoms with Crippen LogP contribution in [0.4, 0.5) is 0 Å². The Labute approximate surface area is 487 Å². The highest BCUT2D eigenvalue weighted by Gasteiger charge is 2.53. The minimum absolute atomic E-state index is 0.237. The van der Waals surface area contributed by atoms with Gasteiger partial charge in [-0.1, -0.05) is 239 Å². The zero-order valence-electron chi connectivity index (χ0n) is 50.3. The average Bonchev–Trinajstić information content (AvgIpc) is 3.51. The molecule has 0 spiro atoms. The quantitative estimate of drug-likeness (QED) is 0.0269. The van der Waals surface area contributed by atoms with E-state index in [4.69, 9.17) is 28.4 Å². The van der Waals surface area contributed by atoms with E-state index in [0.29, 0.717) is 12.8 Å². The Bertz CT molecular complexity index is 1490. The molecule has 19 nitrogen and oxygen atoms in total. The fourth-order valence-corrected chi connectivity index (χ4v) is 11.6. The predicted octanol–water partition coefficient (Wildman–Crippen LogP) is 7.16. The molecule has 3 fully saturated rings. The highest BCUT2D eigenvalue weighted by atomic mass is 16.8. The smallest absolute Gasteiger partial charge is 0.220 e. The molecule has 19 heteroatoms. The first-order chi connectivity index (χ1) is 39.3. The van der Waals surface area contributed by atoms with Gasteiger partial charge >= 0.3 is 0 Å². The second kappa shape index (κ2) is 46.0. The fraction of sp³-hybridized carbons (Fsp3) is 0.984. The number of hydrogen-bond acceptors (Lipinski definition) is 18. The third kappa shape index (κ3) is 29.4. The van der Waals surface area contributed by atoms with E-state index in [1.54, 1.807) is 0 Å². The van der Waals surface area contributed by atoms with Crippen molar-refractivity contribution in [2.75, 3.05) is 26.4 Å². The van der Waals surface area contributed by atoms with Gasteiger partial charge < -0.3 is 89.9 Å². The average molecular weight is 1170 g/mol. The van der Waals surface area contributed by atoms with Crippen LogP contribution in [0.2, 0.25) is 0 Å². The van der Waals surface area contributed by atoms with Crippen LogP contribution in [0.5, 0.6) is 0 Å². The first-order valence-electron chi connectivity index (χ1n) is 32.8. The predicted molar refractivity (Wildman–Crippen MR) is 310 cm³/mol. The highest BCUT2D eigenvalue weighted by molar-refractivity contribution is 5.76. The lowest BCUT2D eigenvalue weighted by atomic mass is 9.96. The van der Waals surface area contributed by atoms with Crippen LogP contribution in [-0.2, 0) is 33.2 Å². The number of unbranched alkanes of at least 4 members (excludes halogenated alkanes) is 34. The summed E-state index contributed by atoms with van der Waals surface area (Å²) >= 11 is 0. The number of amides is 1. The molecule has 3 aliphatic rings.